The Balaban J connectivity index is 0.000000188. The topological polar surface area (TPSA) is 33.3 Å². The number of piperazine rings is 2. The lowest BCUT2D eigenvalue weighted by atomic mass is 10.1. The van der Waals surface area contributed by atoms with Crippen LogP contribution in [-0.2, 0) is 4.79 Å². The molecule has 3 aliphatic rings. The summed E-state index contributed by atoms with van der Waals surface area (Å²) in [7, 11) is 10.3. The smallest absolute Gasteiger partial charge is 0.236 e. The summed E-state index contributed by atoms with van der Waals surface area (Å²) in [5, 5.41) is 0. The Morgan fingerprint density at radius 2 is 1.24 bits per heavy atom. The van der Waals surface area contributed by atoms with Crippen molar-refractivity contribution in [2.45, 2.75) is 13.3 Å². The SMILES string of the molecule is CC1=CCN(C)CC1.CN1CCN(C)C(=O)C1.CN1CCN(C)CC1. The van der Waals surface area contributed by atoms with Gasteiger partial charge >= 0.3 is 0 Å². The summed E-state index contributed by atoms with van der Waals surface area (Å²) >= 11 is 0. The lowest BCUT2D eigenvalue weighted by Crippen LogP contribution is -2.46. The van der Waals surface area contributed by atoms with E-state index in [1.807, 2.05) is 19.0 Å². The number of likely N-dealkylation sites (N-methyl/N-ethyl adjacent to an activating group) is 5. The zero-order valence-electron chi connectivity index (χ0n) is 17.3. The molecule has 3 heterocycles. The second-order valence-electron chi connectivity index (χ2n) is 7.72. The van der Waals surface area contributed by atoms with Crippen LogP contribution >= 0.6 is 0 Å². The number of nitrogens with zero attached hydrogens (tertiary/aromatic N) is 5. The van der Waals surface area contributed by atoms with Gasteiger partial charge in [0.1, 0.15) is 0 Å². The van der Waals surface area contributed by atoms with Crippen molar-refractivity contribution in [1.82, 2.24) is 24.5 Å². The molecule has 3 aliphatic heterocycles. The van der Waals surface area contributed by atoms with E-state index in [4.69, 9.17) is 0 Å². The molecule has 25 heavy (non-hydrogen) atoms. The van der Waals surface area contributed by atoms with Crippen molar-refractivity contribution in [3.8, 4) is 0 Å². The van der Waals surface area contributed by atoms with Crippen LogP contribution in [0.3, 0.4) is 0 Å². The van der Waals surface area contributed by atoms with Crippen molar-refractivity contribution in [1.29, 1.82) is 0 Å². The van der Waals surface area contributed by atoms with E-state index in [1.165, 1.54) is 39.1 Å². The van der Waals surface area contributed by atoms with Crippen LogP contribution in [0.1, 0.15) is 13.3 Å². The van der Waals surface area contributed by atoms with Gasteiger partial charge in [-0.25, -0.2) is 0 Å². The zero-order chi connectivity index (χ0) is 18.8. The third kappa shape index (κ3) is 9.94. The summed E-state index contributed by atoms with van der Waals surface area (Å²) in [6.07, 6.45) is 3.56. The Hall–Kier alpha value is -0.950. The van der Waals surface area contributed by atoms with Crippen LogP contribution in [0.5, 0.6) is 0 Å². The fraction of sp³-hybridized carbons (Fsp3) is 0.842. The highest BCUT2D eigenvalue weighted by molar-refractivity contribution is 5.78. The van der Waals surface area contributed by atoms with Crippen molar-refractivity contribution in [3.05, 3.63) is 11.6 Å². The van der Waals surface area contributed by atoms with E-state index in [9.17, 15) is 4.79 Å². The van der Waals surface area contributed by atoms with Crippen LogP contribution < -0.4 is 0 Å². The summed E-state index contributed by atoms with van der Waals surface area (Å²) in [5.74, 6) is 0.226. The van der Waals surface area contributed by atoms with Gasteiger partial charge in [0.05, 0.1) is 6.54 Å². The molecule has 0 bridgehead atoms. The van der Waals surface area contributed by atoms with Gasteiger partial charge in [0.25, 0.3) is 0 Å². The largest absolute Gasteiger partial charge is 0.343 e. The highest BCUT2D eigenvalue weighted by atomic mass is 16.2. The van der Waals surface area contributed by atoms with E-state index < -0.39 is 0 Å². The van der Waals surface area contributed by atoms with Gasteiger partial charge in [-0.3, -0.25) is 9.69 Å². The predicted octanol–water partition coefficient (Wildman–Crippen LogP) is 0.522. The molecule has 0 aliphatic carbocycles. The zero-order valence-corrected chi connectivity index (χ0v) is 17.3. The normalized spacial score (nSPS) is 24.0. The molecule has 3 rings (SSSR count). The predicted molar refractivity (Wildman–Crippen MR) is 106 cm³/mol. The van der Waals surface area contributed by atoms with E-state index in [-0.39, 0.29) is 5.91 Å². The summed E-state index contributed by atoms with van der Waals surface area (Å²) in [4.78, 5) is 21.7. The lowest BCUT2D eigenvalue weighted by Gasteiger charge is -2.28. The molecule has 146 valence electrons. The number of rotatable bonds is 0. The first-order valence-electron chi connectivity index (χ1n) is 9.41. The Bertz CT molecular complexity index is 408. The molecule has 6 heteroatoms. The molecule has 6 nitrogen and oxygen atoms in total. The molecular formula is C19H39N5O. The molecule has 2 fully saturated rings. The van der Waals surface area contributed by atoms with Crippen LogP contribution in [0, 0.1) is 0 Å². The molecule has 0 aromatic carbocycles. The summed E-state index contributed by atoms with van der Waals surface area (Å²) in [6.45, 7) is 12.0. The van der Waals surface area contributed by atoms with Gasteiger partial charge in [-0.1, -0.05) is 11.6 Å². The van der Waals surface area contributed by atoms with Crippen LogP contribution in [0.25, 0.3) is 0 Å². The van der Waals surface area contributed by atoms with Crippen LogP contribution in [0.2, 0.25) is 0 Å². The Labute approximate surface area is 155 Å². The molecule has 1 amide bonds. The minimum atomic E-state index is 0.226. The van der Waals surface area contributed by atoms with Gasteiger partial charge in [0.2, 0.25) is 5.91 Å². The Morgan fingerprint density at radius 1 is 0.720 bits per heavy atom. The maximum Gasteiger partial charge on any atom is 0.236 e. The summed E-state index contributed by atoms with van der Waals surface area (Å²) in [6, 6.07) is 0. The van der Waals surface area contributed by atoms with Gasteiger partial charge in [0.15, 0.2) is 0 Å². The van der Waals surface area contributed by atoms with E-state index in [1.54, 1.807) is 10.5 Å². The monoisotopic (exact) mass is 353 g/mol. The van der Waals surface area contributed by atoms with Gasteiger partial charge in [-0.05, 0) is 41.5 Å². The molecule has 0 aromatic rings. The quantitative estimate of drug-likeness (QED) is 0.593. The molecular weight excluding hydrogens is 314 g/mol. The van der Waals surface area contributed by atoms with Crippen LogP contribution in [0.4, 0.5) is 0 Å². The van der Waals surface area contributed by atoms with E-state index in [0.717, 1.165) is 19.6 Å². The Morgan fingerprint density at radius 3 is 1.60 bits per heavy atom. The second kappa shape index (κ2) is 11.6. The maximum atomic E-state index is 10.9. The molecule has 0 unspecified atom stereocenters. The third-order valence-electron chi connectivity index (χ3n) is 5.01. The van der Waals surface area contributed by atoms with Crippen molar-refractivity contribution in [3.63, 3.8) is 0 Å². The molecule has 0 aromatic heterocycles. The molecule has 0 saturated carbocycles. The van der Waals surface area contributed by atoms with Crippen molar-refractivity contribution < 1.29 is 4.79 Å². The molecule has 0 spiro atoms. The molecule has 2 saturated heterocycles. The first-order valence-corrected chi connectivity index (χ1v) is 9.41. The number of amides is 1. The lowest BCUT2D eigenvalue weighted by molar-refractivity contribution is -0.133. The average Bonchev–Trinajstić information content (AvgIpc) is 2.58. The Kier molecular flexibility index (Phi) is 10.3. The van der Waals surface area contributed by atoms with Crippen molar-refractivity contribution in [2.75, 3.05) is 94.1 Å². The van der Waals surface area contributed by atoms with Gasteiger partial charge < -0.3 is 19.6 Å². The maximum absolute atomic E-state index is 10.9. The highest BCUT2D eigenvalue weighted by Gasteiger charge is 2.16. The molecule has 0 atom stereocenters. The standard InChI is InChI=1S/C7H13N.C6H12N2O.C6H14N2/c1-7-3-5-8(2)6-4-7;1-7-3-4-8(2)6(9)5-7;1-7-3-5-8(2)6-4-7/h3H,4-6H2,1-2H3;3-5H2,1-2H3;3-6H2,1-2H3. The molecule has 0 radical (unpaired) electrons. The average molecular weight is 354 g/mol. The number of hydrogen-bond acceptors (Lipinski definition) is 5. The van der Waals surface area contributed by atoms with Crippen molar-refractivity contribution >= 4 is 5.91 Å². The highest BCUT2D eigenvalue weighted by Crippen LogP contribution is 2.06. The first kappa shape index (κ1) is 22.1. The third-order valence-corrected chi connectivity index (χ3v) is 5.01. The number of carbonyl (C=O) groups is 1. The van der Waals surface area contributed by atoms with E-state index in [2.05, 4.69) is 48.8 Å². The fourth-order valence-electron chi connectivity index (χ4n) is 2.65. The van der Waals surface area contributed by atoms with Gasteiger partial charge in [-0.2, -0.15) is 0 Å². The minimum absolute atomic E-state index is 0.226. The molecule has 0 N–H and O–H groups in total. The first-order chi connectivity index (χ1) is 11.8. The van der Waals surface area contributed by atoms with Crippen LogP contribution in [0.15, 0.2) is 11.6 Å². The summed E-state index contributed by atoms with van der Waals surface area (Å²) < 4.78 is 0. The minimum Gasteiger partial charge on any atom is -0.343 e. The van der Waals surface area contributed by atoms with Crippen LogP contribution in [-0.4, -0.2) is 125 Å². The number of hydrogen-bond donors (Lipinski definition) is 0. The summed E-state index contributed by atoms with van der Waals surface area (Å²) in [5.41, 5.74) is 1.54. The number of carbonyl (C=O) groups excluding carboxylic acids is 1. The van der Waals surface area contributed by atoms with Gasteiger partial charge in [-0.15, -0.1) is 0 Å². The van der Waals surface area contributed by atoms with E-state index in [0.29, 0.717) is 6.54 Å². The van der Waals surface area contributed by atoms with Gasteiger partial charge in [0, 0.05) is 59.4 Å². The fourth-order valence-corrected chi connectivity index (χ4v) is 2.65. The van der Waals surface area contributed by atoms with E-state index >= 15 is 0 Å². The second-order valence-corrected chi connectivity index (χ2v) is 7.72. The van der Waals surface area contributed by atoms with Crippen molar-refractivity contribution in [2.24, 2.45) is 0 Å².